The predicted octanol–water partition coefficient (Wildman–Crippen LogP) is 3.45. The minimum atomic E-state index is 0.471. The molecule has 1 aromatic heterocycles. The zero-order chi connectivity index (χ0) is 8.55. The molecule has 0 atom stereocenters. The first-order valence-electron chi connectivity index (χ1n) is 3.49. The molecule has 1 nitrogen and oxygen atoms in total. The van der Waals surface area contributed by atoms with Gasteiger partial charge in [-0.2, -0.15) is 0 Å². The van der Waals surface area contributed by atoms with Crippen LogP contribution in [-0.2, 0) is 0 Å². The average Bonchev–Trinajstić information content (AvgIpc) is 2.04. The second-order valence-corrected chi connectivity index (χ2v) is 3.33. The van der Waals surface area contributed by atoms with E-state index in [4.69, 9.17) is 16.6 Å². The van der Waals surface area contributed by atoms with Crippen molar-refractivity contribution in [2.75, 3.05) is 0 Å². The van der Waals surface area contributed by atoms with Crippen molar-refractivity contribution in [2.45, 2.75) is 4.90 Å². The van der Waals surface area contributed by atoms with Crippen LogP contribution in [0.5, 0.6) is 0 Å². The van der Waals surface area contributed by atoms with Crippen molar-refractivity contribution >= 4 is 35.8 Å². The van der Waals surface area contributed by atoms with Crippen LogP contribution in [0.4, 0.5) is 0 Å². The minimum Gasteiger partial charge on any atom is -0.445 e. The van der Waals surface area contributed by atoms with Crippen LogP contribution in [0, 0.1) is 4.71 Å². The predicted molar refractivity (Wildman–Crippen MR) is 54.3 cm³/mol. The van der Waals surface area contributed by atoms with E-state index >= 15 is 0 Å². The molecule has 0 fully saturated rings. The molecule has 0 saturated carbocycles. The molecule has 0 radical (unpaired) electrons. The van der Waals surface area contributed by atoms with Crippen LogP contribution in [0.25, 0.3) is 11.0 Å². The molecule has 3 heteroatoms. The van der Waals surface area contributed by atoms with Gasteiger partial charge < -0.3 is 4.42 Å². The number of hydrogen-bond donors (Lipinski definition) is 1. The average molecular weight is 194 g/mol. The molecule has 0 saturated heterocycles. The molecule has 60 valence electrons. The molecule has 2 aromatic rings. The molecule has 0 bridgehead atoms. The molecule has 0 N–H and O–H groups in total. The van der Waals surface area contributed by atoms with Gasteiger partial charge in [0.2, 0.25) is 0 Å². The van der Waals surface area contributed by atoms with Crippen molar-refractivity contribution in [1.29, 1.82) is 0 Å². The van der Waals surface area contributed by atoms with Crippen LogP contribution in [0.2, 0.25) is 0 Å². The number of thiol groups is 1. The Morgan fingerprint density at radius 1 is 1.25 bits per heavy atom. The summed E-state index contributed by atoms with van der Waals surface area (Å²) < 4.78 is 5.78. The Hall–Kier alpha value is -0.800. The molecule has 0 aliphatic heterocycles. The van der Waals surface area contributed by atoms with Crippen LogP contribution in [-0.4, -0.2) is 0 Å². The fraction of sp³-hybridized carbons (Fsp3) is 0. The third-order valence-corrected chi connectivity index (χ3v) is 2.20. The van der Waals surface area contributed by atoms with Crippen molar-refractivity contribution in [2.24, 2.45) is 0 Å². The lowest BCUT2D eigenvalue weighted by Crippen LogP contribution is -1.74. The molecular weight excluding hydrogens is 188 g/mol. The van der Waals surface area contributed by atoms with Gasteiger partial charge in [0.25, 0.3) is 0 Å². The van der Waals surface area contributed by atoms with Gasteiger partial charge in [-0.25, -0.2) is 0 Å². The van der Waals surface area contributed by atoms with E-state index in [-0.39, 0.29) is 0 Å². The first kappa shape index (κ1) is 7.83. The highest BCUT2D eigenvalue weighted by Gasteiger charge is 1.97. The summed E-state index contributed by atoms with van der Waals surface area (Å²) in [7, 11) is 0. The van der Waals surface area contributed by atoms with Gasteiger partial charge in [0.05, 0.1) is 0 Å². The number of benzene rings is 1. The molecule has 0 aliphatic carbocycles. The van der Waals surface area contributed by atoms with E-state index in [1.165, 1.54) is 0 Å². The van der Waals surface area contributed by atoms with E-state index in [0.717, 1.165) is 15.9 Å². The lowest BCUT2D eigenvalue weighted by atomic mass is 10.2. The van der Waals surface area contributed by atoms with Gasteiger partial charge in [0, 0.05) is 16.3 Å². The fourth-order valence-corrected chi connectivity index (χ4v) is 1.69. The Bertz CT molecular complexity index is 473. The highest BCUT2D eigenvalue weighted by atomic mass is 32.1. The van der Waals surface area contributed by atoms with Crippen molar-refractivity contribution < 1.29 is 4.42 Å². The molecule has 2 rings (SSSR count). The molecule has 12 heavy (non-hydrogen) atoms. The van der Waals surface area contributed by atoms with Crippen LogP contribution >= 0.6 is 24.8 Å². The maximum Gasteiger partial charge on any atom is 0.191 e. The highest BCUT2D eigenvalue weighted by molar-refractivity contribution is 7.80. The number of fused-ring (bicyclic) bond motifs is 1. The van der Waals surface area contributed by atoms with Crippen molar-refractivity contribution in [3.05, 3.63) is 35.0 Å². The van der Waals surface area contributed by atoms with E-state index in [1.807, 2.05) is 24.3 Å². The van der Waals surface area contributed by atoms with Crippen molar-refractivity contribution in [1.82, 2.24) is 0 Å². The van der Waals surface area contributed by atoms with Gasteiger partial charge in [0.1, 0.15) is 5.58 Å². The SMILES string of the molecule is S=c1cc(S)c2ccccc2o1. The highest BCUT2D eigenvalue weighted by Crippen LogP contribution is 2.21. The lowest BCUT2D eigenvalue weighted by molar-refractivity contribution is 0.583. The zero-order valence-electron chi connectivity index (χ0n) is 6.15. The van der Waals surface area contributed by atoms with E-state index in [9.17, 15) is 0 Å². The Morgan fingerprint density at radius 3 is 2.83 bits per heavy atom. The molecule has 0 amide bonds. The van der Waals surface area contributed by atoms with Crippen LogP contribution in [0.3, 0.4) is 0 Å². The standard InChI is InChI=1S/C9H6OS2/c11-8-5-9(12)10-7-4-2-1-3-6(7)8/h1-5,11H. The largest absolute Gasteiger partial charge is 0.445 e. The Balaban J connectivity index is 2.99. The first-order valence-corrected chi connectivity index (χ1v) is 4.35. The van der Waals surface area contributed by atoms with Crippen molar-refractivity contribution in [3.63, 3.8) is 0 Å². The van der Waals surface area contributed by atoms with Gasteiger partial charge >= 0.3 is 0 Å². The molecule has 0 aliphatic rings. The summed E-state index contributed by atoms with van der Waals surface area (Å²) in [5.74, 6) is 0. The Labute approximate surface area is 80.4 Å². The summed E-state index contributed by atoms with van der Waals surface area (Å²) in [6.07, 6.45) is 0. The fourth-order valence-electron chi connectivity index (χ4n) is 1.09. The summed E-state index contributed by atoms with van der Waals surface area (Å²) in [5.41, 5.74) is 0.787. The Kier molecular flexibility index (Phi) is 1.90. The van der Waals surface area contributed by atoms with Gasteiger partial charge in [-0.3, -0.25) is 0 Å². The topological polar surface area (TPSA) is 13.1 Å². The number of para-hydroxylation sites is 1. The number of hydrogen-bond acceptors (Lipinski definition) is 3. The van der Waals surface area contributed by atoms with E-state index in [2.05, 4.69) is 12.6 Å². The third kappa shape index (κ3) is 1.26. The van der Waals surface area contributed by atoms with Gasteiger partial charge in [-0.05, 0) is 18.3 Å². The van der Waals surface area contributed by atoms with E-state index in [1.54, 1.807) is 6.07 Å². The summed E-state index contributed by atoms with van der Waals surface area (Å²) >= 11 is 9.20. The van der Waals surface area contributed by atoms with Gasteiger partial charge in [-0.1, -0.05) is 18.2 Å². The second kappa shape index (κ2) is 2.92. The molecule has 1 heterocycles. The van der Waals surface area contributed by atoms with Crippen molar-refractivity contribution in [3.8, 4) is 0 Å². The second-order valence-electron chi connectivity index (χ2n) is 2.45. The molecule has 1 aromatic carbocycles. The van der Waals surface area contributed by atoms with Crippen LogP contribution in [0.1, 0.15) is 0 Å². The summed E-state index contributed by atoms with van der Waals surface area (Å²) in [6, 6.07) is 9.43. The van der Waals surface area contributed by atoms with E-state index < -0.39 is 0 Å². The summed E-state index contributed by atoms with van der Waals surface area (Å²) in [6.45, 7) is 0. The Morgan fingerprint density at radius 2 is 2.00 bits per heavy atom. The summed E-state index contributed by atoms with van der Waals surface area (Å²) in [5, 5.41) is 0.995. The molecular formula is C9H6OS2. The minimum absolute atomic E-state index is 0.471. The van der Waals surface area contributed by atoms with Crippen LogP contribution in [0.15, 0.2) is 39.6 Å². The quantitative estimate of drug-likeness (QED) is 0.509. The maximum absolute atomic E-state index is 5.31. The zero-order valence-corrected chi connectivity index (χ0v) is 7.86. The number of rotatable bonds is 0. The third-order valence-electron chi connectivity index (χ3n) is 1.63. The lowest BCUT2D eigenvalue weighted by Gasteiger charge is -1.97. The monoisotopic (exact) mass is 194 g/mol. The molecule has 0 unspecified atom stereocenters. The van der Waals surface area contributed by atoms with Gasteiger partial charge in [0.15, 0.2) is 4.71 Å². The summed E-state index contributed by atoms with van der Waals surface area (Å²) in [4.78, 5) is 0.863. The maximum atomic E-state index is 5.31. The van der Waals surface area contributed by atoms with Gasteiger partial charge in [-0.15, -0.1) is 12.6 Å². The van der Waals surface area contributed by atoms with E-state index in [0.29, 0.717) is 4.71 Å². The van der Waals surface area contributed by atoms with Crippen LogP contribution < -0.4 is 0 Å². The smallest absolute Gasteiger partial charge is 0.191 e. The normalized spacial score (nSPS) is 10.4. The molecule has 0 spiro atoms. The first-order chi connectivity index (χ1) is 5.77.